The highest BCUT2D eigenvalue weighted by Gasteiger charge is 2.17. The van der Waals surface area contributed by atoms with Gasteiger partial charge in [0.15, 0.2) is 0 Å². The van der Waals surface area contributed by atoms with E-state index in [0.717, 1.165) is 6.61 Å². The summed E-state index contributed by atoms with van der Waals surface area (Å²) in [5.74, 6) is 0.568. The van der Waals surface area contributed by atoms with E-state index in [1.807, 2.05) is 0 Å². The molecule has 0 saturated carbocycles. The number of hydrogen-bond donors (Lipinski definition) is 1. The first kappa shape index (κ1) is 15.2. The first-order valence-corrected chi connectivity index (χ1v) is 6.77. The smallest absolute Gasteiger partial charge is 0.0618 e. The van der Waals surface area contributed by atoms with Gasteiger partial charge in [-0.2, -0.15) is 0 Å². The summed E-state index contributed by atoms with van der Waals surface area (Å²) in [5.41, 5.74) is 4.05. The molecule has 18 heavy (non-hydrogen) atoms. The van der Waals surface area contributed by atoms with Gasteiger partial charge in [0.25, 0.3) is 0 Å². The largest absolute Gasteiger partial charge is 0.383 e. The van der Waals surface area contributed by atoms with Gasteiger partial charge in [0.2, 0.25) is 0 Å². The molecule has 2 atom stereocenters. The SMILES string of the molecule is COCC(NC(C)c1ccc(C)cc1C)C(C)C. The lowest BCUT2D eigenvalue weighted by Gasteiger charge is -2.27. The highest BCUT2D eigenvalue weighted by molar-refractivity contribution is 5.32. The van der Waals surface area contributed by atoms with Crippen molar-refractivity contribution in [3.8, 4) is 0 Å². The second-order valence-electron chi connectivity index (χ2n) is 5.55. The minimum atomic E-state index is 0.355. The first-order valence-electron chi connectivity index (χ1n) is 6.77. The predicted octanol–water partition coefficient (Wildman–Crippen LogP) is 3.63. The Kier molecular flexibility index (Phi) is 5.83. The van der Waals surface area contributed by atoms with Gasteiger partial charge < -0.3 is 10.1 Å². The van der Waals surface area contributed by atoms with Crippen LogP contribution in [0.25, 0.3) is 0 Å². The summed E-state index contributed by atoms with van der Waals surface area (Å²) in [4.78, 5) is 0. The molecule has 0 saturated heterocycles. The molecule has 1 aromatic carbocycles. The van der Waals surface area contributed by atoms with Gasteiger partial charge in [0, 0.05) is 19.2 Å². The molecule has 1 N–H and O–H groups in total. The molecule has 0 aromatic heterocycles. The third-order valence-electron chi connectivity index (χ3n) is 3.51. The van der Waals surface area contributed by atoms with Crippen LogP contribution in [-0.4, -0.2) is 19.8 Å². The van der Waals surface area contributed by atoms with E-state index < -0.39 is 0 Å². The molecule has 0 aliphatic carbocycles. The van der Waals surface area contributed by atoms with Crippen LogP contribution in [0.1, 0.15) is 43.5 Å². The van der Waals surface area contributed by atoms with Crippen LogP contribution >= 0.6 is 0 Å². The van der Waals surface area contributed by atoms with E-state index in [-0.39, 0.29) is 0 Å². The zero-order valence-electron chi connectivity index (χ0n) is 12.6. The van der Waals surface area contributed by atoms with E-state index in [2.05, 4.69) is 58.1 Å². The van der Waals surface area contributed by atoms with Gasteiger partial charge in [0.1, 0.15) is 0 Å². The second-order valence-corrected chi connectivity index (χ2v) is 5.55. The lowest BCUT2D eigenvalue weighted by molar-refractivity contribution is 0.141. The van der Waals surface area contributed by atoms with Gasteiger partial charge in [-0.15, -0.1) is 0 Å². The van der Waals surface area contributed by atoms with E-state index in [1.54, 1.807) is 7.11 Å². The molecular weight excluding hydrogens is 222 g/mol. The van der Waals surface area contributed by atoms with Crippen molar-refractivity contribution >= 4 is 0 Å². The maximum atomic E-state index is 5.29. The number of hydrogen-bond acceptors (Lipinski definition) is 2. The Morgan fingerprint density at radius 3 is 2.33 bits per heavy atom. The van der Waals surface area contributed by atoms with Crippen LogP contribution in [0.3, 0.4) is 0 Å². The second kappa shape index (κ2) is 6.91. The summed E-state index contributed by atoms with van der Waals surface area (Å²) < 4.78 is 5.29. The summed E-state index contributed by atoms with van der Waals surface area (Å²) in [7, 11) is 1.76. The summed E-state index contributed by atoms with van der Waals surface area (Å²) in [5, 5.41) is 3.67. The molecule has 0 amide bonds. The number of rotatable bonds is 6. The molecule has 1 rings (SSSR count). The first-order chi connectivity index (χ1) is 8.45. The van der Waals surface area contributed by atoms with Crippen LogP contribution in [0.15, 0.2) is 18.2 Å². The van der Waals surface area contributed by atoms with Crippen molar-refractivity contribution in [2.45, 2.75) is 46.7 Å². The monoisotopic (exact) mass is 249 g/mol. The Hall–Kier alpha value is -0.860. The molecule has 2 unspecified atom stereocenters. The number of nitrogens with one attached hydrogen (secondary N) is 1. The Labute approximate surface area is 112 Å². The van der Waals surface area contributed by atoms with E-state index in [9.17, 15) is 0 Å². The molecule has 0 aliphatic rings. The minimum absolute atomic E-state index is 0.355. The average Bonchev–Trinajstić information content (AvgIpc) is 2.27. The van der Waals surface area contributed by atoms with Crippen LogP contribution in [-0.2, 0) is 4.74 Å². The van der Waals surface area contributed by atoms with Crippen molar-refractivity contribution in [1.82, 2.24) is 5.32 Å². The zero-order valence-corrected chi connectivity index (χ0v) is 12.6. The number of ether oxygens (including phenoxy) is 1. The maximum Gasteiger partial charge on any atom is 0.0618 e. The van der Waals surface area contributed by atoms with Gasteiger partial charge in [-0.3, -0.25) is 0 Å². The zero-order chi connectivity index (χ0) is 13.7. The molecule has 0 spiro atoms. The fraction of sp³-hybridized carbons (Fsp3) is 0.625. The van der Waals surface area contributed by atoms with E-state index >= 15 is 0 Å². The van der Waals surface area contributed by atoms with Gasteiger partial charge >= 0.3 is 0 Å². The van der Waals surface area contributed by atoms with Gasteiger partial charge in [-0.25, -0.2) is 0 Å². The molecule has 0 fully saturated rings. The van der Waals surface area contributed by atoms with E-state index in [4.69, 9.17) is 4.74 Å². The molecule has 0 bridgehead atoms. The van der Waals surface area contributed by atoms with Crippen molar-refractivity contribution < 1.29 is 4.74 Å². The fourth-order valence-electron chi connectivity index (χ4n) is 2.33. The Bertz CT molecular complexity index is 373. The maximum absolute atomic E-state index is 5.29. The lowest BCUT2D eigenvalue weighted by atomic mass is 9.97. The number of benzene rings is 1. The van der Waals surface area contributed by atoms with Crippen molar-refractivity contribution in [3.05, 3.63) is 34.9 Å². The number of aryl methyl sites for hydroxylation is 2. The topological polar surface area (TPSA) is 21.3 Å². The summed E-state index contributed by atoms with van der Waals surface area (Å²) in [6.07, 6.45) is 0. The standard InChI is InChI=1S/C16H27NO/c1-11(2)16(10-18-6)17-14(5)15-8-7-12(3)9-13(15)4/h7-9,11,14,16-17H,10H2,1-6H3. The lowest BCUT2D eigenvalue weighted by Crippen LogP contribution is -2.39. The summed E-state index contributed by atoms with van der Waals surface area (Å²) in [6, 6.07) is 7.40. The molecule has 102 valence electrons. The van der Waals surface area contributed by atoms with Crippen LogP contribution in [0.5, 0.6) is 0 Å². The minimum Gasteiger partial charge on any atom is -0.383 e. The highest BCUT2D eigenvalue weighted by Crippen LogP contribution is 2.20. The molecule has 1 aromatic rings. The molecule has 0 heterocycles. The Morgan fingerprint density at radius 1 is 1.17 bits per heavy atom. The van der Waals surface area contributed by atoms with Crippen LogP contribution in [0.2, 0.25) is 0 Å². The Morgan fingerprint density at radius 2 is 1.83 bits per heavy atom. The van der Waals surface area contributed by atoms with Crippen molar-refractivity contribution in [2.24, 2.45) is 5.92 Å². The molecule has 2 heteroatoms. The molecule has 2 nitrogen and oxygen atoms in total. The summed E-state index contributed by atoms with van der Waals surface area (Å²) >= 11 is 0. The molecule has 0 aliphatic heterocycles. The molecular formula is C16H27NO. The van der Waals surface area contributed by atoms with Crippen molar-refractivity contribution in [1.29, 1.82) is 0 Å². The number of methoxy groups -OCH3 is 1. The Balaban J connectivity index is 2.76. The fourth-order valence-corrected chi connectivity index (χ4v) is 2.33. The predicted molar refractivity (Wildman–Crippen MR) is 78.0 cm³/mol. The van der Waals surface area contributed by atoms with Crippen LogP contribution in [0.4, 0.5) is 0 Å². The molecule has 0 radical (unpaired) electrons. The van der Waals surface area contributed by atoms with E-state index in [0.29, 0.717) is 18.0 Å². The average molecular weight is 249 g/mol. The van der Waals surface area contributed by atoms with Gasteiger partial charge in [-0.05, 0) is 37.8 Å². The highest BCUT2D eigenvalue weighted by atomic mass is 16.5. The normalized spacial score (nSPS) is 14.8. The van der Waals surface area contributed by atoms with Crippen molar-refractivity contribution in [3.63, 3.8) is 0 Å². The van der Waals surface area contributed by atoms with Crippen LogP contribution < -0.4 is 5.32 Å². The quantitative estimate of drug-likeness (QED) is 0.831. The third-order valence-corrected chi connectivity index (χ3v) is 3.51. The van der Waals surface area contributed by atoms with Crippen molar-refractivity contribution in [2.75, 3.05) is 13.7 Å². The summed E-state index contributed by atoms with van der Waals surface area (Å²) in [6.45, 7) is 11.8. The third kappa shape index (κ3) is 4.11. The van der Waals surface area contributed by atoms with Gasteiger partial charge in [0.05, 0.1) is 6.61 Å². The van der Waals surface area contributed by atoms with E-state index in [1.165, 1.54) is 16.7 Å². The van der Waals surface area contributed by atoms with Crippen LogP contribution in [0, 0.1) is 19.8 Å². The van der Waals surface area contributed by atoms with Gasteiger partial charge in [-0.1, -0.05) is 37.6 Å².